The lowest BCUT2D eigenvalue weighted by Gasteiger charge is -2.16. The third-order valence-electron chi connectivity index (χ3n) is 4.98. The van der Waals surface area contributed by atoms with Gasteiger partial charge in [-0.2, -0.15) is 13.2 Å². The Kier molecular flexibility index (Phi) is 8.75. The summed E-state index contributed by atoms with van der Waals surface area (Å²) in [5, 5.41) is 4.53. The molecule has 0 aliphatic carbocycles. The maximum absolute atomic E-state index is 13.0. The highest BCUT2D eigenvalue weighted by atomic mass is 35.5. The molecular weight excluding hydrogens is 517 g/mol. The number of carbonyl (C=O) groups excluding carboxylic acids is 2. The van der Waals surface area contributed by atoms with E-state index in [2.05, 4.69) is 10.6 Å². The van der Waals surface area contributed by atoms with Crippen LogP contribution in [-0.4, -0.2) is 31.3 Å². The average molecular weight is 539 g/mol. The lowest BCUT2D eigenvalue weighted by molar-refractivity contribution is -0.137. The summed E-state index contributed by atoms with van der Waals surface area (Å²) in [6.45, 7) is 1.60. The zero-order chi connectivity index (χ0) is 26.5. The first-order chi connectivity index (χ1) is 17.0. The number of halogens is 4. The highest BCUT2D eigenvalue weighted by molar-refractivity contribution is 8.00. The molecule has 0 spiro atoms. The predicted octanol–water partition coefficient (Wildman–Crippen LogP) is 6.75. The molecule has 0 radical (unpaired) electrons. The third-order valence-corrected chi connectivity index (χ3v) is 6.40. The number of methoxy groups -OCH3 is 2. The van der Waals surface area contributed by atoms with Crippen LogP contribution in [0.15, 0.2) is 65.6 Å². The van der Waals surface area contributed by atoms with E-state index >= 15 is 0 Å². The summed E-state index contributed by atoms with van der Waals surface area (Å²) >= 11 is 7.13. The molecule has 0 aliphatic heterocycles. The van der Waals surface area contributed by atoms with Crippen molar-refractivity contribution in [2.24, 2.45) is 0 Å². The van der Waals surface area contributed by atoms with Gasteiger partial charge in [-0.25, -0.2) is 0 Å². The standard InChI is InChI=1S/C25H22ClF3N2O4S/c1-14(23(32)31-19-12-15(25(27,28)29)10-11-18(19)26)36-17-7-4-6-16(13-17)30-24(33)22-20(34-2)8-5-9-21(22)35-3/h4-14H,1-3H3,(H,30,33)(H,31,32). The van der Waals surface area contributed by atoms with Gasteiger partial charge in [-0.05, 0) is 55.5 Å². The average Bonchev–Trinajstić information content (AvgIpc) is 2.84. The van der Waals surface area contributed by atoms with Crippen molar-refractivity contribution in [2.75, 3.05) is 24.9 Å². The normalized spacial score (nSPS) is 12.0. The van der Waals surface area contributed by atoms with Crippen molar-refractivity contribution in [3.8, 4) is 11.5 Å². The largest absolute Gasteiger partial charge is 0.496 e. The van der Waals surface area contributed by atoms with E-state index in [0.29, 0.717) is 22.1 Å². The summed E-state index contributed by atoms with van der Waals surface area (Å²) in [6, 6.07) is 14.5. The van der Waals surface area contributed by atoms with Crippen LogP contribution in [0.2, 0.25) is 5.02 Å². The minimum atomic E-state index is -4.57. The smallest absolute Gasteiger partial charge is 0.416 e. The molecule has 36 heavy (non-hydrogen) atoms. The van der Waals surface area contributed by atoms with E-state index in [9.17, 15) is 22.8 Å². The van der Waals surface area contributed by atoms with Gasteiger partial charge in [0.2, 0.25) is 5.91 Å². The summed E-state index contributed by atoms with van der Waals surface area (Å²) in [5.41, 5.74) is -0.355. The van der Waals surface area contributed by atoms with E-state index in [1.165, 1.54) is 14.2 Å². The molecular formula is C25H22ClF3N2O4S. The molecule has 6 nitrogen and oxygen atoms in total. The fourth-order valence-corrected chi connectivity index (χ4v) is 4.30. The van der Waals surface area contributed by atoms with Gasteiger partial charge in [0.25, 0.3) is 5.91 Å². The van der Waals surface area contributed by atoms with Crippen LogP contribution in [0.1, 0.15) is 22.8 Å². The van der Waals surface area contributed by atoms with E-state index in [-0.39, 0.29) is 16.3 Å². The number of thioether (sulfide) groups is 1. The van der Waals surface area contributed by atoms with Gasteiger partial charge in [-0.3, -0.25) is 9.59 Å². The predicted molar refractivity (Wildman–Crippen MR) is 134 cm³/mol. The maximum Gasteiger partial charge on any atom is 0.416 e. The number of benzene rings is 3. The van der Waals surface area contributed by atoms with Gasteiger partial charge in [0, 0.05) is 10.6 Å². The summed E-state index contributed by atoms with van der Waals surface area (Å²) in [6.07, 6.45) is -4.57. The highest BCUT2D eigenvalue weighted by Gasteiger charge is 2.31. The maximum atomic E-state index is 13.0. The van der Waals surface area contributed by atoms with E-state index in [1.807, 2.05) is 0 Å². The number of hydrogen-bond acceptors (Lipinski definition) is 5. The Bertz CT molecular complexity index is 1250. The van der Waals surface area contributed by atoms with Crippen LogP contribution >= 0.6 is 23.4 Å². The third kappa shape index (κ3) is 6.64. The molecule has 11 heteroatoms. The number of anilines is 2. The van der Waals surface area contributed by atoms with Gasteiger partial charge in [0.15, 0.2) is 0 Å². The molecule has 0 saturated heterocycles. The first-order valence-electron chi connectivity index (χ1n) is 10.5. The topological polar surface area (TPSA) is 76.7 Å². The molecule has 3 rings (SSSR count). The van der Waals surface area contributed by atoms with Gasteiger partial charge in [-0.15, -0.1) is 11.8 Å². The van der Waals surface area contributed by atoms with Crippen LogP contribution in [0.4, 0.5) is 24.5 Å². The number of ether oxygens (including phenoxy) is 2. The molecule has 0 aliphatic rings. The molecule has 0 fully saturated rings. The number of rotatable bonds is 8. The van der Waals surface area contributed by atoms with Crippen molar-refractivity contribution in [3.63, 3.8) is 0 Å². The molecule has 2 N–H and O–H groups in total. The Morgan fingerprint density at radius 3 is 2.19 bits per heavy atom. The van der Waals surface area contributed by atoms with Crippen LogP contribution in [0, 0.1) is 0 Å². The second-order valence-corrected chi connectivity index (χ2v) is 9.28. The van der Waals surface area contributed by atoms with E-state index in [4.69, 9.17) is 21.1 Å². The molecule has 3 aromatic carbocycles. The minimum Gasteiger partial charge on any atom is -0.496 e. The zero-order valence-corrected chi connectivity index (χ0v) is 21.0. The van der Waals surface area contributed by atoms with Crippen LogP contribution in [0.25, 0.3) is 0 Å². The number of amides is 2. The lowest BCUT2D eigenvalue weighted by atomic mass is 10.1. The summed E-state index contributed by atoms with van der Waals surface area (Å²) in [5.74, 6) is -0.294. The SMILES string of the molecule is COc1cccc(OC)c1C(=O)Nc1cccc(SC(C)C(=O)Nc2cc(C(F)(F)F)ccc2Cl)c1. The van der Waals surface area contributed by atoms with Gasteiger partial charge in [-0.1, -0.05) is 23.7 Å². The van der Waals surface area contributed by atoms with Crippen molar-refractivity contribution in [2.45, 2.75) is 23.2 Å². The van der Waals surface area contributed by atoms with Crippen molar-refractivity contribution in [3.05, 3.63) is 76.8 Å². The van der Waals surface area contributed by atoms with Crippen LogP contribution in [-0.2, 0) is 11.0 Å². The Morgan fingerprint density at radius 1 is 0.944 bits per heavy atom. The first-order valence-corrected chi connectivity index (χ1v) is 11.8. The monoisotopic (exact) mass is 538 g/mol. The van der Waals surface area contributed by atoms with Crippen LogP contribution in [0.5, 0.6) is 11.5 Å². The lowest BCUT2D eigenvalue weighted by Crippen LogP contribution is -2.23. The molecule has 0 bridgehead atoms. The van der Waals surface area contributed by atoms with Crippen molar-refractivity contribution in [1.82, 2.24) is 0 Å². The van der Waals surface area contributed by atoms with Crippen molar-refractivity contribution in [1.29, 1.82) is 0 Å². The van der Waals surface area contributed by atoms with Crippen molar-refractivity contribution < 1.29 is 32.2 Å². The Morgan fingerprint density at radius 2 is 1.58 bits per heavy atom. The molecule has 190 valence electrons. The zero-order valence-electron chi connectivity index (χ0n) is 19.4. The fraction of sp³-hybridized carbons (Fsp3) is 0.200. The number of nitrogens with one attached hydrogen (secondary N) is 2. The summed E-state index contributed by atoms with van der Waals surface area (Å²) in [7, 11) is 2.89. The second-order valence-electron chi connectivity index (χ2n) is 7.46. The number of hydrogen-bond donors (Lipinski definition) is 2. The number of alkyl halides is 3. The molecule has 1 atom stereocenters. The van der Waals surface area contributed by atoms with Gasteiger partial charge in [0.05, 0.1) is 35.7 Å². The Labute approximate surface area is 215 Å². The molecule has 0 aromatic heterocycles. The van der Waals surface area contributed by atoms with Crippen molar-refractivity contribution >= 4 is 46.6 Å². The van der Waals surface area contributed by atoms with Crippen LogP contribution in [0.3, 0.4) is 0 Å². The Balaban J connectivity index is 1.71. The van der Waals surface area contributed by atoms with Gasteiger partial charge in [0.1, 0.15) is 17.1 Å². The minimum absolute atomic E-state index is 0.00923. The first kappa shape index (κ1) is 27.2. The van der Waals surface area contributed by atoms with E-state index in [0.717, 1.165) is 30.0 Å². The highest BCUT2D eigenvalue weighted by Crippen LogP contribution is 2.35. The second kappa shape index (κ2) is 11.6. The summed E-state index contributed by atoms with van der Waals surface area (Å²) < 4.78 is 49.5. The Hall–Kier alpha value is -3.37. The molecule has 0 heterocycles. The van der Waals surface area contributed by atoms with Gasteiger partial charge < -0.3 is 20.1 Å². The molecule has 3 aromatic rings. The molecule has 2 amide bonds. The molecule has 0 saturated carbocycles. The molecule has 1 unspecified atom stereocenters. The van der Waals surface area contributed by atoms with E-state index in [1.54, 1.807) is 49.4 Å². The number of carbonyl (C=O) groups is 2. The van der Waals surface area contributed by atoms with E-state index < -0.39 is 28.8 Å². The van der Waals surface area contributed by atoms with Gasteiger partial charge >= 0.3 is 6.18 Å². The quantitative estimate of drug-likeness (QED) is 0.310. The fourth-order valence-electron chi connectivity index (χ4n) is 3.21. The summed E-state index contributed by atoms with van der Waals surface area (Å²) in [4.78, 5) is 26.2. The van der Waals surface area contributed by atoms with Crippen LogP contribution < -0.4 is 20.1 Å².